The van der Waals surface area contributed by atoms with Crippen LogP contribution in [0.25, 0.3) is 10.9 Å². The summed E-state index contributed by atoms with van der Waals surface area (Å²) in [7, 11) is 2.07. The van der Waals surface area contributed by atoms with Crippen LogP contribution in [0.15, 0.2) is 30.3 Å². The number of thiocarbonyl (C=S) groups is 1. The Morgan fingerprint density at radius 3 is 2.78 bits per heavy atom. The minimum atomic E-state index is 0.413. The number of rotatable bonds is 3. The number of hydrogen-bond acceptors (Lipinski definition) is 3. The highest BCUT2D eigenvalue weighted by Crippen LogP contribution is 2.32. The largest absolute Gasteiger partial charge is 0.389 e. The molecule has 1 aliphatic rings. The zero-order chi connectivity index (χ0) is 12.7. The Balaban J connectivity index is 2.19. The van der Waals surface area contributed by atoms with Crippen molar-refractivity contribution < 1.29 is 0 Å². The SMILES string of the molecule is CN(c1nc2ccccc2cc1C(N)=S)C1CC1. The van der Waals surface area contributed by atoms with Crippen LogP contribution in [0.5, 0.6) is 0 Å². The highest BCUT2D eigenvalue weighted by Gasteiger charge is 2.29. The fourth-order valence-electron chi connectivity index (χ4n) is 2.19. The fraction of sp³-hybridized carbons (Fsp3) is 0.286. The average Bonchev–Trinajstić information content (AvgIpc) is 3.20. The van der Waals surface area contributed by atoms with Crippen molar-refractivity contribution >= 4 is 33.9 Å². The number of aromatic nitrogens is 1. The van der Waals surface area contributed by atoms with Crippen LogP contribution in [-0.4, -0.2) is 23.1 Å². The van der Waals surface area contributed by atoms with E-state index in [-0.39, 0.29) is 0 Å². The topological polar surface area (TPSA) is 42.2 Å². The molecule has 4 heteroatoms. The van der Waals surface area contributed by atoms with Crippen LogP contribution >= 0.6 is 12.2 Å². The summed E-state index contributed by atoms with van der Waals surface area (Å²) >= 11 is 5.15. The van der Waals surface area contributed by atoms with E-state index in [1.165, 1.54) is 12.8 Å². The van der Waals surface area contributed by atoms with E-state index in [1.54, 1.807) is 0 Å². The van der Waals surface area contributed by atoms with Crippen molar-refractivity contribution in [2.45, 2.75) is 18.9 Å². The fourth-order valence-corrected chi connectivity index (χ4v) is 2.34. The van der Waals surface area contributed by atoms with Crippen LogP contribution in [0, 0.1) is 0 Å². The quantitative estimate of drug-likeness (QED) is 0.858. The van der Waals surface area contributed by atoms with Gasteiger partial charge in [0.15, 0.2) is 0 Å². The van der Waals surface area contributed by atoms with Gasteiger partial charge in [0.1, 0.15) is 10.8 Å². The van der Waals surface area contributed by atoms with Crippen molar-refractivity contribution in [1.29, 1.82) is 0 Å². The monoisotopic (exact) mass is 257 g/mol. The van der Waals surface area contributed by atoms with Crippen molar-refractivity contribution in [2.24, 2.45) is 5.73 Å². The molecule has 0 radical (unpaired) electrons. The smallest absolute Gasteiger partial charge is 0.139 e. The summed E-state index contributed by atoms with van der Waals surface area (Å²) in [6.45, 7) is 0. The van der Waals surface area contributed by atoms with Gasteiger partial charge in [-0.2, -0.15) is 0 Å². The second-order valence-corrected chi connectivity index (χ2v) is 5.20. The highest BCUT2D eigenvalue weighted by molar-refractivity contribution is 7.80. The van der Waals surface area contributed by atoms with Gasteiger partial charge in [-0.25, -0.2) is 4.98 Å². The Morgan fingerprint density at radius 1 is 1.39 bits per heavy atom. The summed E-state index contributed by atoms with van der Waals surface area (Å²) in [6, 6.07) is 10.7. The Kier molecular flexibility index (Phi) is 2.67. The van der Waals surface area contributed by atoms with Crippen LogP contribution < -0.4 is 10.6 Å². The number of benzene rings is 1. The van der Waals surface area contributed by atoms with Crippen LogP contribution in [-0.2, 0) is 0 Å². The van der Waals surface area contributed by atoms with Gasteiger partial charge in [0.25, 0.3) is 0 Å². The first-order valence-electron chi connectivity index (χ1n) is 6.09. The average molecular weight is 257 g/mol. The zero-order valence-electron chi connectivity index (χ0n) is 10.3. The van der Waals surface area contributed by atoms with Gasteiger partial charge >= 0.3 is 0 Å². The molecule has 2 aromatic rings. The van der Waals surface area contributed by atoms with Crippen molar-refractivity contribution in [1.82, 2.24) is 4.98 Å². The molecule has 1 aromatic carbocycles. The summed E-state index contributed by atoms with van der Waals surface area (Å²) in [5.41, 5.74) is 7.69. The Bertz CT molecular complexity index is 619. The molecule has 2 N–H and O–H groups in total. The second-order valence-electron chi connectivity index (χ2n) is 4.76. The molecule has 18 heavy (non-hydrogen) atoms. The minimum absolute atomic E-state index is 0.413. The molecule has 0 saturated heterocycles. The number of nitrogens with zero attached hydrogens (tertiary/aromatic N) is 2. The lowest BCUT2D eigenvalue weighted by Crippen LogP contribution is -2.25. The molecule has 0 bridgehead atoms. The van der Waals surface area contributed by atoms with Gasteiger partial charge in [-0.15, -0.1) is 0 Å². The zero-order valence-corrected chi connectivity index (χ0v) is 11.1. The van der Waals surface area contributed by atoms with Crippen molar-refractivity contribution in [3.63, 3.8) is 0 Å². The number of anilines is 1. The number of nitrogens with two attached hydrogens (primary N) is 1. The number of fused-ring (bicyclic) bond motifs is 1. The summed E-state index contributed by atoms with van der Waals surface area (Å²) in [6.07, 6.45) is 2.45. The van der Waals surface area contributed by atoms with E-state index >= 15 is 0 Å². The Hall–Kier alpha value is -1.68. The molecule has 0 unspecified atom stereocenters. The van der Waals surface area contributed by atoms with E-state index in [4.69, 9.17) is 22.9 Å². The number of para-hydroxylation sites is 1. The third kappa shape index (κ3) is 1.93. The van der Waals surface area contributed by atoms with E-state index in [1.807, 2.05) is 30.3 Å². The predicted octanol–water partition coefficient (Wildman–Crippen LogP) is 2.47. The summed E-state index contributed by atoms with van der Waals surface area (Å²) < 4.78 is 0. The molecule has 0 aliphatic heterocycles. The highest BCUT2D eigenvalue weighted by atomic mass is 32.1. The first kappa shape index (κ1) is 11.4. The second kappa shape index (κ2) is 4.21. The number of pyridine rings is 1. The predicted molar refractivity (Wildman–Crippen MR) is 79.1 cm³/mol. The third-order valence-corrected chi connectivity index (χ3v) is 3.62. The summed E-state index contributed by atoms with van der Waals surface area (Å²) in [5.74, 6) is 0.906. The molecule has 1 aromatic heterocycles. The van der Waals surface area contributed by atoms with E-state index in [0.717, 1.165) is 22.3 Å². The van der Waals surface area contributed by atoms with Gasteiger partial charge in [-0.3, -0.25) is 0 Å². The van der Waals surface area contributed by atoms with Crippen LogP contribution in [0.2, 0.25) is 0 Å². The molecule has 1 heterocycles. The van der Waals surface area contributed by atoms with Gasteiger partial charge in [0.2, 0.25) is 0 Å². The van der Waals surface area contributed by atoms with Crippen molar-refractivity contribution in [3.05, 3.63) is 35.9 Å². The van der Waals surface area contributed by atoms with E-state index in [9.17, 15) is 0 Å². The van der Waals surface area contributed by atoms with Gasteiger partial charge in [-0.05, 0) is 25.0 Å². The van der Waals surface area contributed by atoms with Gasteiger partial charge in [-0.1, -0.05) is 30.4 Å². The standard InChI is InChI=1S/C14H15N3S/c1-17(10-6-7-10)14-11(13(15)18)8-9-4-2-3-5-12(9)16-14/h2-5,8,10H,6-7H2,1H3,(H2,15,18). The molecule has 1 fully saturated rings. The lowest BCUT2D eigenvalue weighted by molar-refractivity contribution is 0.895. The van der Waals surface area contributed by atoms with Gasteiger partial charge in [0, 0.05) is 18.5 Å². The molecular weight excluding hydrogens is 242 g/mol. The van der Waals surface area contributed by atoms with Gasteiger partial charge in [0.05, 0.1) is 11.1 Å². The maximum absolute atomic E-state index is 5.83. The maximum Gasteiger partial charge on any atom is 0.139 e. The van der Waals surface area contributed by atoms with E-state index < -0.39 is 0 Å². The molecular formula is C14H15N3S. The molecule has 3 rings (SSSR count). The van der Waals surface area contributed by atoms with Gasteiger partial charge < -0.3 is 10.6 Å². The molecule has 0 atom stereocenters. The van der Waals surface area contributed by atoms with Crippen molar-refractivity contribution in [3.8, 4) is 0 Å². The number of hydrogen-bond donors (Lipinski definition) is 1. The molecule has 1 aliphatic carbocycles. The lowest BCUT2D eigenvalue weighted by atomic mass is 10.1. The van der Waals surface area contributed by atoms with Crippen LogP contribution in [0.4, 0.5) is 5.82 Å². The maximum atomic E-state index is 5.83. The normalized spacial score (nSPS) is 14.7. The minimum Gasteiger partial charge on any atom is -0.389 e. The molecule has 1 saturated carbocycles. The Morgan fingerprint density at radius 2 is 2.11 bits per heavy atom. The lowest BCUT2D eigenvalue weighted by Gasteiger charge is -2.21. The van der Waals surface area contributed by atoms with Crippen LogP contribution in [0.1, 0.15) is 18.4 Å². The summed E-state index contributed by atoms with van der Waals surface area (Å²) in [4.78, 5) is 7.32. The first-order valence-corrected chi connectivity index (χ1v) is 6.50. The molecule has 0 amide bonds. The molecule has 0 spiro atoms. The first-order chi connectivity index (χ1) is 8.66. The summed E-state index contributed by atoms with van der Waals surface area (Å²) in [5, 5.41) is 1.08. The van der Waals surface area contributed by atoms with Crippen LogP contribution in [0.3, 0.4) is 0 Å². The van der Waals surface area contributed by atoms with E-state index in [0.29, 0.717) is 11.0 Å². The molecule has 3 nitrogen and oxygen atoms in total. The van der Waals surface area contributed by atoms with Crippen molar-refractivity contribution in [2.75, 3.05) is 11.9 Å². The molecule has 92 valence electrons. The Labute approximate surface area is 112 Å². The van der Waals surface area contributed by atoms with E-state index in [2.05, 4.69) is 11.9 Å². The third-order valence-electron chi connectivity index (χ3n) is 3.40.